The molecule has 0 N–H and O–H groups in total. The van der Waals surface area contributed by atoms with Crippen LogP contribution in [0, 0.1) is 0 Å². The van der Waals surface area contributed by atoms with E-state index in [9.17, 15) is 0 Å². The number of fused-ring (bicyclic) bond motifs is 1. The van der Waals surface area contributed by atoms with Crippen LogP contribution >= 0.6 is 0 Å². The average molecular weight is 229 g/mol. The van der Waals surface area contributed by atoms with Gasteiger partial charge in [-0.2, -0.15) is 0 Å². The van der Waals surface area contributed by atoms with Crippen LogP contribution in [-0.2, 0) is 5.41 Å². The predicted molar refractivity (Wildman–Crippen MR) is 71.6 cm³/mol. The van der Waals surface area contributed by atoms with Crippen LogP contribution in [0.4, 0.5) is 0 Å². The first-order valence-electron chi connectivity index (χ1n) is 6.01. The highest BCUT2D eigenvalue weighted by Crippen LogP contribution is 2.31. The largest absolute Gasteiger partial charge is 0.481 e. The number of ether oxygens (including phenoxy) is 1. The van der Waals surface area contributed by atoms with E-state index in [1.807, 2.05) is 6.07 Å². The number of hydrogen-bond donors (Lipinski definition) is 0. The van der Waals surface area contributed by atoms with E-state index in [1.165, 1.54) is 10.9 Å². The first-order chi connectivity index (χ1) is 8.08. The molecule has 0 unspecified atom stereocenters. The molecule has 2 rings (SSSR count). The van der Waals surface area contributed by atoms with Crippen molar-refractivity contribution in [2.75, 3.05) is 7.11 Å². The minimum atomic E-state index is 0.213. The Hall–Kier alpha value is -1.57. The molecule has 1 aromatic carbocycles. The van der Waals surface area contributed by atoms with Gasteiger partial charge < -0.3 is 4.74 Å². The molecule has 2 heteroatoms. The Bertz CT molecular complexity index is 531. The molecule has 0 amide bonds. The summed E-state index contributed by atoms with van der Waals surface area (Å²) in [5.41, 5.74) is 1.57. The molecule has 0 bridgehead atoms. The zero-order valence-electron chi connectivity index (χ0n) is 10.9. The number of methoxy groups -OCH3 is 1. The van der Waals surface area contributed by atoms with E-state index in [2.05, 4.69) is 44.0 Å². The molecule has 90 valence electrons. The Morgan fingerprint density at radius 2 is 2.00 bits per heavy atom. The fourth-order valence-corrected chi connectivity index (χ4v) is 1.94. The summed E-state index contributed by atoms with van der Waals surface area (Å²) < 4.78 is 5.27. The molecule has 0 radical (unpaired) electrons. The van der Waals surface area contributed by atoms with Crippen LogP contribution in [0.1, 0.15) is 32.8 Å². The molecule has 0 fully saturated rings. The summed E-state index contributed by atoms with van der Waals surface area (Å²) in [6, 6.07) is 8.56. The lowest BCUT2D eigenvalue weighted by atomic mass is 9.81. The minimum absolute atomic E-state index is 0.213. The van der Waals surface area contributed by atoms with Crippen molar-refractivity contribution in [1.82, 2.24) is 4.98 Å². The van der Waals surface area contributed by atoms with E-state index in [4.69, 9.17) is 4.74 Å². The third-order valence-corrected chi connectivity index (χ3v) is 3.59. The van der Waals surface area contributed by atoms with Crippen LogP contribution < -0.4 is 4.74 Å². The van der Waals surface area contributed by atoms with E-state index in [1.54, 1.807) is 13.3 Å². The summed E-state index contributed by atoms with van der Waals surface area (Å²) in [6.07, 6.45) is 2.92. The lowest BCUT2D eigenvalue weighted by Gasteiger charge is -2.23. The molecule has 0 saturated carbocycles. The summed E-state index contributed by atoms with van der Waals surface area (Å²) in [7, 11) is 1.66. The van der Waals surface area contributed by atoms with Crippen LogP contribution in [0.15, 0.2) is 30.5 Å². The third kappa shape index (κ3) is 2.12. The van der Waals surface area contributed by atoms with E-state index in [-0.39, 0.29) is 5.41 Å². The average Bonchev–Trinajstić information content (AvgIpc) is 2.37. The van der Waals surface area contributed by atoms with Gasteiger partial charge in [-0.05, 0) is 34.9 Å². The van der Waals surface area contributed by atoms with Crippen molar-refractivity contribution in [1.29, 1.82) is 0 Å². The van der Waals surface area contributed by atoms with Crippen molar-refractivity contribution in [3.05, 3.63) is 36.0 Å². The zero-order valence-corrected chi connectivity index (χ0v) is 10.9. The smallest absolute Gasteiger partial charge is 0.221 e. The second-order valence-electron chi connectivity index (χ2n) is 4.99. The predicted octanol–water partition coefficient (Wildman–Crippen LogP) is 3.93. The number of hydrogen-bond acceptors (Lipinski definition) is 2. The van der Waals surface area contributed by atoms with Gasteiger partial charge >= 0.3 is 0 Å². The van der Waals surface area contributed by atoms with Gasteiger partial charge in [0.1, 0.15) is 0 Å². The van der Waals surface area contributed by atoms with E-state index in [0.29, 0.717) is 5.88 Å². The first kappa shape index (κ1) is 11.9. The van der Waals surface area contributed by atoms with Crippen LogP contribution in [0.3, 0.4) is 0 Å². The summed E-state index contributed by atoms with van der Waals surface area (Å²) in [4.78, 5) is 4.22. The first-order valence-corrected chi connectivity index (χ1v) is 6.01. The van der Waals surface area contributed by atoms with Crippen LogP contribution in [-0.4, -0.2) is 12.1 Å². The van der Waals surface area contributed by atoms with Crippen molar-refractivity contribution in [2.45, 2.75) is 32.6 Å². The Morgan fingerprint density at radius 1 is 1.24 bits per heavy atom. The second-order valence-corrected chi connectivity index (χ2v) is 4.99. The SMILES string of the molecule is CCC(C)(C)c1ccc2c(OC)nccc2c1. The van der Waals surface area contributed by atoms with Crippen LogP contribution in [0.2, 0.25) is 0 Å². The summed E-state index contributed by atoms with van der Waals surface area (Å²) >= 11 is 0. The Morgan fingerprint density at radius 3 is 2.65 bits per heavy atom. The molecule has 2 nitrogen and oxygen atoms in total. The van der Waals surface area contributed by atoms with Gasteiger partial charge in [0.25, 0.3) is 0 Å². The Kier molecular flexibility index (Phi) is 3.05. The van der Waals surface area contributed by atoms with Gasteiger partial charge in [0.05, 0.1) is 7.11 Å². The van der Waals surface area contributed by atoms with Gasteiger partial charge in [-0.25, -0.2) is 4.98 Å². The topological polar surface area (TPSA) is 22.1 Å². The standard InChI is InChI=1S/C15H19NO/c1-5-15(2,3)12-6-7-13-11(10-12)8-9-16-14(13)17-4/h6-10H,5H2,1-4H3. The summed E-state index contributed by atoms with van der Waals surface area (Å²) in [5, 5.41) is 2.27. The number of nitrogens with zero attached hydrogens (tertiary/aromatic N) is 1. The highest BCUT2D eigenvalue weighted by molar-refractivity contribution is 5.87. The van der Waals surface area contributed by atoms with Gasteiger partial charge in [-0.1, -0.05) is 32.9 Å². The van der Waals surface area contributed by atoms with Gasteiger partial charge in [0, 0.05) is 11.6 Å². The maximum Gasteiger partial charge on any atom is 0.221 e. The molecule has 0 aliphatic heterocycles. The highest BCUT2D eigenvalue weighted by atomic mass is 16.5. The van der Waals surface area contributed by atoms with E-state index in [0.717, 1.165) is 11.8 Å². The van der Waals surface area contributed by atoms with E-state index < -0.39 is 0 Å². The molecule has 1 aromatic heterocycles. The maximum atomic E-state index is 5.27. The monoisotopic (exact) mass is 229 g/mol. The van der Waals surface area contributed by atoms with Crippen molar-refractivity contribution < 1.29 is 4.74 Å². The fraction of sp³-hybridized carbons (Fsp3) is 0.400. The van der Waals surface area contributed by atoms with Gasteiger partial charge in [-0.3, -0.25) is 0 Å². The summed E-state index contributed by atoms with van der Waals surface area (Å²) in [6.45, 7) is 6.76. The van der Waals surface area contributed by atoms with Crippen LogP contribution in [0.5, 0.6) is 5.88 Å². The Balaban J connectivity index is 2.60. The molecular formula is C15H19NO. The van der Waals surface area contributed by atoms with Gasteiger partial charge in [0.15, 0.2) is 0 Å². The number of benzene rings is 1. The molecule has 1 heterocycles. The molecule has 0 atom stereocenters. The number of rotatable bonds is 3. The normalized spacial score (nSPS) is 11.8. The zero-order chi connectivity index (χ0) is 12.5. The van der Waals surface area contributed by atoms with Gasteiger partial charge in [0.2, 0.25) is 5.88 Å². The fourth-order valence-electron chi connectivity index (χ4n) is 1.94. The molecular weight excluding hydrogens is 210 g/mol. The third-order valence-electron chi connectivity index (χ3n) is 3.59. The molecule has 0 aliphatic rings. The highest BCUT2D eigenvalue weighted by Gasteiger charge is 2.18. The minimum Gasteiger partial charge on any atom is -0.481 e. The van der Waals surface area contributed by atoms with Gasteiger partial charge in [-0.15, -0.1) is 0 Å². The Labute approximate surface area is 103 Å². The van der Waals surface area contributed by atoms with E-state index >= 15 is 0 Å². The lowest BCUT2D eigenvalue weighted by molar-refractivity contribution is 0.403. The van der Waals surface area contributed by atoms with Crippen molar-refractivity contribution >= 4 is 10.8 Å². The molecule has 0 aliphatic carbocycles. The summed E-state index contributed by atoms with van der Waals surface area (Å²) in [5.74, 6) is 0.698. The van der Waals surface area contributed by atoms with Crippen LogP contribution in [0.25, 0.3) is 10.8 Å². The quantitative estimate of drug-likeness (QED) is 0.795. The van der Waals surface area contributed by atoms with Crippen molar-refractivity contribution in [2.24, 2.45) is 0 Å². The number of aromatic nitrogens is 1. The molecule has 17 heavy (non-hydrogen) atoms. The second kappa shape index (κ2) is 4.36. The molecule has 0 spiro atoms. The lowest BCUT2D eigenvalue weighted by Crippen LogP contribution is -2.15. The number of pyridine rings is 1. The molecule has 2 aromatic rings. The molecule has 0 saturated heterocycles. The maximum absolute atomic E-state index is 5.27. The van der Waals surface area contributed by atoms with Crippen molar-refractivity contribution in [3.8, 4) is 5.88 Å². The van der Waals surface area contributed by atoms with Crippen molar-refractivity contribution in [3.63, 3.8) is 0 Å².